The fourth-order valence-electron chi connectivity index (χ4n) is 2.99. The number of sulfonamides is 1. The number of nitrogens with zero attached hydrogens (tertiary/aromatic N) is 2. The number of amides is 1. The van der Waals surface area contributed by atoms with Crippen LogP contribution in [0.2, 0.25) is 0 Å². The third-order valence-electron chi connectivity index (χ3n) is 4.59. The number of carbonyl (C=O) groups excluding carboxylic acids is 1. The van der Waals surface area contributed by atoms with E-state index in [1.54, 1.807) is 0 Å². The molecule has 2 atom stereocenters. The van der Waals surface area contributed by atoms with Gasteiger partial charge in [-0.3, -0.25) is 9.69 Å². The van der Waals surface area contributed by atoms with E-state index in [0.29, 0.717) is 6.61 Å². The zero-order chi connectivity index (χ0) is 19.2. The Morgan fingerprint density at radius 2 is 2.08 bits per heavy atom. The van der Waals surface area contributed by atoms with Gasteiger partial charge in [-0.05, 0) is 12.0 Å². The van der Waals surface area contributed by atoms with Crippen molar-refractivity contribution in [3.8, 4) is 0 Å². The number of ether oxygens (including phenoxy) is 1. The number of rotatable bonds is 8. The van der Waals surface area contributed by atoms with E-state index in [-0.39, 0.29) is 24.6 Å². The fraction of sp³-hybridized carbons (Fsp3) is 0.611. The van der Waals surface area contributed by atoms with Gasteiger partial charge in [-0.1, -0.05) is 37.3 Å². The lowest BCUT2D eigenvalue weighted by Crippen LogP contribution is -2.54. The van der Waals surface area contributed by atoms with Crippen LogP contribution in [0.25, 0.3) is 0 Å². The normalized spacial score (nSPS) is 20.1. The third kappa shape index (κ3) is 6.35. The SMILES string of the molecule is CC[C@@H](NC(=O)CN(C)S(C)(=O)=O)[C@H]1CN(Cc2ccccc2)CCO1. The average Bonchev–Trinajstić information content (AvgIpc) is 2.60. The van der Waals surface area contributed by atoms with E-state index in [9.17, 15) is 13.2 Å². The standard InChI is InChI=1S/C18H29N3O4S/c1-4-16(19-18(22)14-20(2)26(3,23)24)17-13-21(10-11-25-17)12-15-8-6-5-7-9-15/h5-9,16-17H,4,10-14H2,1-3H3,(H,19,22)/t16-,17-/m1/s1. The first-order chi connectivity index (χ1) is 12.3. The second kappa shape index (κ2) is 9.45. The summed E-state index contributed by atoms with van der Waals surface area (Å²) in [6.07, 6.45) is 1.70. The monoisotopic (exact) mass is 383 g/mol. The molecule has 2 rings (SSSR count). The van der Waals surface area contributed by atoms with Gasteiger partial charge in [-0.2, -0.15) is 4.31 Å². The number of morpholine rings is 1. The van der Waals surface area contributed by atoms with Crippen LogP contribution in [0.15, 0.2) is 30.3 Å². The maximum absolute atomic E-state index is 12.2. The quantitative estimate of drug-likeness (QED) is 0.714. The minimum atomic E-state index is -3.38. The lowest BCUT2D eigenvalue weighted by Gasteiger charge is -2.37. The van der Waals surface area contributed by atoms with Crippen molar-refractivity contribution in [2.24, 2.45) is 0 Å². The molecule has 26 heavy (non-hydrogen) atoms. The van der Waals surface area contributed by atoms with Gasteiger partial charge in [0.25, 0.3) is 0 Å². The van der Waals surface area contributed by atoms with Gasteiger partial charge in [-0.25, -0.2) is 8.42 Å². The van der Waals surface area contributed by atoms with Crippen LogP contribution in [-0.4, -0.2) is 75.2 Å². The predicted octanol–water partition coefficient (Wildman–Crippen LogP) is 0.674. The van der Waals surface area contributed by atoms with Crippen LogP contribution in [0.1, 0.15) is 18.9 Å². The average molecular weight is 384 g/mol. The number of likely N-dealkylation sites (N-methyl/N-ethyl adjacent to an activating group) is 1. The van der Waals surface area contributed by atoms with E-state index in [0.717, 1.165) is 36.6 Å². The van der Waals surface area contributed by atoms with Gasteiger partial charge in [0.05, 0.1) is 31.6 Å². The van der Waals surface area contributed by atoms with E-state index in [2.05, 4.69) is 22.3 Å². The largest absolute Gasteiger partial charge is 0.373 e. The summed E-state index contributed by atoms with van der Waals surface area (Å²) in [4.78, 5) is 14.5. The molecule has 0 unspecified atom stereocenters. The Balaban J connectivity index is 1.90. The number of carbonyl (C=O) groups is 1. The van der Waals surface area contributed by atoms with Gasteiger partial charge in [0, 0.05) is 26.7 Å². The Kier molecular flexibility index (Phi) is 7.57. The number of hydrogen-bond acceptors (Lipinski definition) is 5. The van der Waals surface area contributed by atoms with E-state index >= 15 is 0 Å². The molecule has 1 aliphatic rings. The lowest BCUT2D eigenvalue weighted by molar-refractivity contribution is -0.124. The Bertz CT molecular complexity index is 681. The molecule has 0 aliphatic carbocycles. The summed E-state index contributed by atoms with van der Waals surface area (Å²) in [6.45, 7) is 4.86. The highest BCUT2D eigenvalue weighted by Crippen LogP contribution is 2.14. The minimum Gasteiger partial charge on any atom is -0.373 e. The summed E-state index contributed by atoms with van der Waals surface area (Å²) >= 11 is 0. The van der Waals surface area contributed by atoms with E-state index in [1.807, 2.05) is 25.1 Å². The van der Waals surface area contributed by atoms with E-state index in [4.69, 9.17) is 4.74 Å². The third-order valence-corrected chi connectivity index (χ3v) is 5.86. The maximum Gasteiger partial charge on any atom is 0.235 e. The molecule has 7 nitrogen and oxygen atoms in total. The van der Waals surface area contributed by atoms with E-state index < -0.39 is 10.0 Å². The molecule has 0 aromatic heterocycles. The maximum atomic E-state index is 12.2. The molecule has 1 heterocycles. The van der Waals surface area contributed by atoms with Crippen LogP contribution in [0, 0.1) is 0 Å². The van der Waals surface area contributed by atoms with Crippen molar-refractivity contribution in [3.63, 3.8) is 0 Å². The summed E-state index contributed by atoms with van der Waals surface area (Å²) in [5.41, 5.74) is 1.25. The summed E-state index contributed by atoms with van der Waals surface area (Å²) in [7, 11) is -1.98. The smallest absolute Gasteiger partial charge is 0.235 e. The second-order valence-corrected chi connectivity index (χ2v) is 8.82. The molecule has 1 aromatic rings. The molecule has 1 N–H and O–H groups in total. The Morgan fingerprint density at radius 3 is 2.69 bits per heavy atom. The molecule has 0 radical (unpaired) electrons. The molecular formula is C18H29N3O4S. The van der Waals surface area contributed by atoms with Crippen molar-refractivity contribution >= 4 is 15.9 Å². The van der Waals surface area contributed by atoms with Gasteiger partial charge in [0.15, 0.2) is 0 Å². The van der Waals surface area contributed by atoms with Crippen molar-refractivity contribution in [3.05, 3.63) is 35.9 Å². The topological polar surface area (TPSA) is 79.0 Å². The van der Waals surface area contributed by atoms with Crippen LogP contribution in [0.4, 0.5) is 0 Å². The molecule has 146 valence electrons. The van der Waals surface area contributed by atoms with Gasteiger partial charge in [0.1, 0.15) is 0 Å². The van der Waals surface area contributed by atoms with Crippen LogP contribution in [0.3, 0.4) is 0 Å². The Labute approximate surface area is 156 Å². The first kappa shape index (κ1) is 20.8. The zero-order valence-corrected chi connectivity index (χ0v) is 16.5. The van der Waals surface area contributed by atoms with Gasteiger partial charge in [-0.15, -0.1) is 0 Å². The molecule has 1 fully saturated rings. The molecule has 1 aliphatic heterocycles. The number of hydrogen-bond donors (Lipinski definition) is 1. The molecule has 0 spiro atoms. The Hall–Kier alpha value is -1.48. The molecule has 8 heteroatoms. The van der Waals surface area contributed by atoms with Gasteiger partial charge in [0.2, 0.25) is 15.9 Å². The first-order valence-electron chi connectivity index (χ1n) is 8.88. The van der Waals surface area contributed by atoms with Crippen molar-refractivity contribution in [2.75, 3.05) is 39.5 Å². The summed E-state index contributed by atoms with van der Waals surface area (Å²) < 4.78 is 29.8. The van der Waals surface area contributed by atoms with E-state index in [1.165, 1.54) is 12.6 Å². The molecule has 0 bridgehead atoms. The summed E-state index contributed by atoms with van der Waals surface area (Å²) in [5.74, 6) is -0.312. The first-order valence-corrected chi connectivity index (χ1v) is 10.7. The highest BCUT2D eigenvalue weighted by Gasteiger charge is 2.29. The van der Waals surface area contributed by atoms with Crippen LogP contribution >= 0.6 is 0 Å². The second-order valence-electron chi connectivity index (χ2n) is 6.73. The predicted molar refractivity (Wildman–Crippen MR) is 101 cm³/mol. The number of nitrogens with one attached hydrogen (secondary N) is 1. The van der Waals surface area contributed by atoms with Crippen molar-refractivity contribution in [1.29, 1.82) is 0 Å². The molecule has 1 aromatic carbocycles. The van der Waals surface area contributed by atoms with Crippen molar-refractivity contribution in [1.82, 2.24) is 14.5 Å². The Morgan fingerprint density at radius 1 is 1.38 bits per heavy atom. The minimum absolute atomic E-state index is 0.107. The van der Waals surface area contributed by atoms with Gasteiger partial charge < -0.3 is 10.1 Å². The van der Waals surface area contributed by atoms with Gasteiger partial charge >= 0.3 is 0 Å². The van der Waals surface area contributed by atoms with Crippen molar-refractivity contribution < 1.29 is 17.9 Å². The molecule has 0 saturated carbocycles. The van der Waals surface area contributed by atoms with Crippen LogP contribution in [-0.2, 0) is 26.1 Å². The molecular weight excluding hydrogens is 354 g/mol. The zero-order valence-electron chi connectivity index (χ0n) is 15.7. The summed E-state index contributed by atoms with van der Waals surface area (Å²) in [5, 5.41) is 2.93. The molecule has 1 saturated heterocycles. The summed E-state index contributed by atoms with van der Waals surface area (Å²) in [6, 6.07) is 10.1. The lowest BCUT2D eigenvalue weighted by atomic mass is 10.1. The molecule has 1 amide bonds. The van der Waals surface area contributed by atoms with Crippen LogP contribution in [0.5, 0.6) is 0 Å². The van der Waals surface area contributed by atoms with Crippen molar-refractivity contribution in [2.45, 2.75) is 32.0 Å². The highest BCUT2D eigenvalue weighted by atomic mass is 32.2. The highest BCUT2D eigenvalue weighted by molar-refractivity contribution is 7.88. The number of benzene rings is 1. The van der Waals surface area contributed by atoms with Crippen LogP contribution < -0.4 is 5.32 Å². The fourth-order valence-corrected chi connectivity index (χ4v) is 3.34.